The van der Waals surface area contributed by atoms with Crippen LogP contribution in [-0.2, 0) is 4.79 Å². The molecule has 0 fully saturated rings. The molecular formula is C10H9ClN2O2. The van der Waals surface area contributed by atoms with Gasteiger partial charge in [0.1, 0.15) is 0 Å². The fraction of sp³-hybridized carbons (Fsp3) is 0.200. The van der Waals surface area contributed by atoms with E-state index in [2.05, 4.69) is 10.3 Å². The maximum Gasteiger partial charge on any atom is 0.314 e. The number of nitrogens with one attached hydrogen (secondary N) is 1. The van der Waals surface area contributed by atoms with Gasteiger partial charge < -0.3 is 5.32 Å². The van der Waals surface area contributed by atoms with E-state index in [4.69, 9.17) is 11.6 Å². The average molecular weight is 225 g/mol. The molecule has 1 unspecified atom stereocenters. The van der Waals surface area contributed by atoms with Crippen LogP contribution in [0.25, 0.3) is 0 Å². The highest BCUT2D eigenvalue weighted by molar-refractivity contribution is 6.62. The van der Waals surface area contributed by atoms with Crippen LogP contribution in [0.2, 0.25) is 0 Å². The summed E-state index contributed by atoms with van der Waals surface area (Å²) in [6.07, 6.45) is 1.42. The average Bonchev–Trinajstić information content (AvgIpc) is 2.25. The minimum atomic E-state index is -0.676. The van der Waals surface area contributed by atoms with Gasteiger partial charge in [-0.15, -0.1) is 0 Å². The highest BCUT2D eigenvalue weighted by Gasteiger charge is 2.12. The molecule has 0 bridgehead atoms. The van der Waals surface area contributed by atoms with Crippen LogP contribution in [0.15, 0.2) is 35.3 Å². The monoisotopic (exact) mass is 224 g/mol. The molecule has 0 aliphatic carbocycles. The van der Waals surface area contributed by atoms with Gasteiger partial charge in [0, 0.05) is 0 Å². The Balaban J connectivity index is 2.80. The number of isocyanates is 1. The zero-order valence-corrected chi connectivity index (χ0v) is 8.57. The Labute approximate surface area is 92.0 Å². The highest BCUT2D eigenvalue weighted by Crippen LogP contribution is 2.13. The summed E-state index contributed by atoms with van der Waals surface area (Å²) in [5.41, 5.74) is 0.838. The number of nitrogens with zero attached hydrogens (tertiary/aromatic N) is 1. The first-order chi connectivity index (χ1) is 7.24. The third-order valence-corrected chi connectivity index (χ3v) is 1.94. The van der Waals surface area contributed by atoms with Crippen molar-refractivity contribution in [2.24, 2.45) is 4.99 Å². The van der Waals surface area contributed by atoms with Crippen LogP contribution in [0.4, 0.5) is 4.79 Å². The predicted molar refractivity (Wildman–Crippen MR) is 56.6 cm³/mol. The summed E-state index contributed by atoms with van der Waals surface area (Å²) in [7, 11) is 0. The normalized spacial score (nSPS) is 11.3. The fourth-order valence-electron chi connectivity index (χ4n) is 1.19. The number of amides is 1. The van der Waals surface area contributed by atoms with Crippen molar-refractivity contribution in [2.75, 3.05) is 6.54 Å². The Morgan fingerprint density at radius 3 is 2.67 bits per heavy atom. The second kappa shape index (κ2) is 5.96. The van der Waals surface area contributed by atoms with Crippen molar-refractivity contribution >= 4 is 23.0 Å². The first kappa shape index (κ1) is 11.4. The van der Waals surface area contributed by atoms with Crippen molar-refractivity contribution in [1.29, 1.82) is 0 Å². The lowest BCUT2D eigenvalue weighted by Crippen LogP contribution is -2.25. The molecule has 1 amide bonds. The lowest BCUT2D eigenvalue weighted by atomic mass is 10.1. The second-order valence-corrected chi connectivity index (χ2v) is 3.16. The Hall–Kier alpha value is -1.64. The van der Waals surface area contributed by atoms with Crippen molar-refractivity contribution in [3.05, 3.63) is 35.9 Å². The molecule has 0 aliphatic heterocycles. The zero-order valence-electron chi connectivity index (χ0n) is 7.81. The zero-order chi connectivity index (χ0) is 11.1. The Bertz CT molecular complexity index is 370. The molecule has 1 aromatic rings. The van der Waals surface area contributed by atoms with Gasteiger partial charge >= 0.3 is 5.37 Å². The summed E-state index contributed by atoms with van der Waals surface area (Å²) in [5.74, 6) is 0. The van der Waals surface area contributed by atoms with Crippen molar-refractivity contribution in [3.8, 4) is 0 Å². The van der Waals surface area contributed by atoms with E-state index in [0.717, 1.165) is 5.56 Å². The van der Waals surface area contributed by atoms with Crippen LogP contribution in [0.1, 0.15) is 11.6 Å². The molecular weight excluding hydrogens is 216 g/mol. The van der Waals surface area contributed by atoms with Crippen LogP contribution in [0, 0.1) is 0 Å². The summed E-state index contributed by atoms with van der Waals surface area (Å²) < 4.78 is 0. The molecule has 0 aromatic heterocycles. The van der Waals surface area contributed by atoms with Gasteiger partial charge in [-0.25, -0.2) is 9.79 Å². The van der Waals surface area contributed by atoms with Crippen molar-refractivity contribution in [2.45, 2.75) is 6.04 Å². The van der Waals surface area contributed by atoms with Crippen LogP contribution < -0.4 is 5.32 Å². The fourth-order valence-corrected chi connectivity index (χ4v) is 1.32. The SMILES string of the molecule is O=C=NCC(NC(=O)Cl)c1ccccc1. The summed E-state index contributed by atoms with van der Waals surface area (Å²) in [6.45, 7) is 0.131. The van der Waals surface area contributed by atoms with Crippen LogP contribution in [-0.4, -0.2) is 18.0 Å². The van der Waals surface area contributed by atoms with Gasteiger partial charge in [0.25, 0.3) is 0 Å². The van der Waals surface area contributed by atoms with Crippen molar-refractivity contribution in [3.63, 3.8) is 0 Å². The van der Waals surface area contributed by atoms with Crippen LogP contribution in [0.5, 0.6) is 0 Å². The number of carbonyl (C=O) groups excluding carboxylic acids is 2. The number of benzene rings is 1. The number of hydrogen-bond donors (Lipinski definition) is 1. The molecule has 1 aromatic carbocycles. The summed E-state index contributed by atoms with van der Waals surface area (Å²) in [6, 6.07) is 8.75. The molecule has 15 heavy (non-hydrogen) atoms. The van der Waals surface area contributed by atoms with Gasteiger partial charge in [0.05, 0.1) is 12.6 Å². The molecule has 0 saturated heterocycles. The predicted octanol–water partition coefficient (Wildman–Crippen LogP) is 2.01. The van der Waals surface area contributed by atoms with Crippen molar-refractivity contribution < 1.29 is 9.59 Å². The molecule has 78 valence electrons. The molecule has 0 aliphatic rings. The van der Waals surface area contributed by atoms with E-state index in [1.54, 1.807) is 0 Å². The van der Waals surface area contributed by atoms with Gasteiger partial charge in [-0.05, 0) is 17.2 Å². The van der Waals surface area contributed by atoms with E-state index in [0.29, 0.717) is 0 Å². The number of hydrogen-bond acceptors (Lipinski definition) is 3. The van der Waals surface area contributed by atoms with E-state index >= 15 is 0 Å². The standard InChI is InChI=1S/C10H9ClN2O2/c11-10(15)13-9(6-12-7-14)8-4-2-1-3-5-8/h1-5,9H,6H2,(H,13,15). The quantitative estimate of drug-likeness (QED) is 0.368. The largest absolute Gasteiger partial charge is 0.334 e. The molecule has 1 N–H and O–H groups in total. The summed E-state index contributed by atoms with van der Waals surface area (Å²) >= 11 is 5.21. The topological polar surface area (TPSA) is 58.5 Å². The molecule has 0 spiro atoms. The van der Waals surface area contributed by atoms with E-state index in [9.17, 15) is 9.59 Å². The molecule has 4 nitrogen and oxygen atoms in total. The van der Waals surface area contributed by atoms with Gasteiger partial charge in [0.2, 0.25) is 6.08 Å². The van der Waals surface area contributed by atoms with Gasteiger partial charge in [-0.1, -0.05) is 30.3 Å². The molecule has 0 saturated carbocycles. The van der Waals surface area contributed by atoms with E-state index in [1.165, 1.54) is 6.08 Å². The Morgan fingerprint density at radius 2 is 2.13 bits per heavy atom. The van der Waals surface area contributed by atoms with Crippen LogP contribution in [0.3, 0.4) is 0 Å². The summed E-state index contributed by atoms with van der Waals surface area (Å²) in [4.78, 5) is 24.1. The minimum Gasteiger partial charge on any atom is -0.334 e. The first-order valence-electron chi connectivity index (χ1n) is 4.28. The lowest BCUT2D eigenvalue weighted by molar-refractivity contribution is 0.256. The maximum absolute atomic E-state index is 10.7. The number of carbonyl (C=O) groups is 1. The molecule has 5 heteroatoms. The minimum absolute atomic E-state index is 0.131. The highest BCUT2D eigenvalue weighted by atomic mass is 35.5. The molecule has 1 rings (SSSR count). The van der Waals surface area contributed by atoms with Gasteiger partial charge in [-0.2, -0.15) is 0 Å². The Kier molecular flexibility index (Phi) is 4.54. The Morgan fingerprint density at radius 1 is 1.47 bits per heavy atom. The van der Waals surface area contributed by atoms with Crippen molar-refractivity contribution in [1.82, 2.24) is 5.32 Å². The molecule has 0 heterocycles. The number of halogens is 1. The second-order valence-electron chi connectivity index (χ2n) is 2.81. The van der Waals surface area contributed by atoms with Gasteiger partial charge in [-0.3, -0.25) is 4.79 Å². The first-order valence-corrected chi connectivity index (χ1v) is 4.66. The van der Waals surface area contributed by atoms with Gasteiger partial charge in [0.15, 0.2) is 0 Å². The number of rotatable bonds is 4. The number of aliphatic imine (C=N–C) groups is 1. The van der Waals surface area contributed by atoms with E-state index in [1.807, 2.05) is 30.3 Å². The maximum atomic E-state index is 10.7. The smallest absolute Gasteiger partial charge is 0.314 e. The van der Waals surface area contributed by atoms with Crippen LogP contribution >= 0.6 is 11.6 Å². The van der Waals surface area contributed by atoms with E-state index in [-0.39, 0.29) is 6.54 Å². The lowest BCUT2D eigenvalue weighted by Gasteiger charge is -2.14. The molecule has 1 atom stereocenters. The third-order valence-electron chi connectivity index (χ3n) is 1.83. The molecule has 0 radical (unpaired) electrons. The third kappa shape index (κ3) is 3.94. The van der Waals surface area contributed by atoms with E-state index < -0.39 is 11.4 Å². The summed E-state index contributed by atoms with van der Waals surface area (Å²) in [5, 5.41) is 1.81.